The molecule has 0 spiro atoms. The summed E-state index contributed by atoms with van der Waals surface area (Å²) >= 11 is 0. The Kier molecular flexibility index (Phi) is 2.88. The maximum atomic E-state index is 10.9. The molecule has 0 aliphatic rings. The highest BCUT2D eigenvalue weighted by Crippen LogP contribution is 2.14. The molecule has 0 bridgehead atoms. The summed E-state index contributed by atoms with van der Waals surface area (Å²) in [7, 11) is 0. The van der Waals surface area contributed by atoms with E-state index in [1.165, 1.54) is 13.8 Å². The highest BCUT2D eigenvalue weighted by molar-refractivity contribution is 5.78. The molecule has 3 nitrogen and oxygen atoms in total. The molecule has 0 amide bonds. The van der Waals surface area contributed by atoms with Crippen molar-refractivity contribution in [3.05, 3.63) is 0 Å². The van der Waals surface area contributed by atoms with Crippen LogP contribution in [-0.4, -0.2) is 12.6 Å². The van der Waals surface area contributed by atoms with Gasteiger partial charge in [-0.25, -0.2) is 0 Å². The van der Waals surface area contributed by atoms with Crippen LogP contribution >= 0.6 is 0 Å². The topological polar surface area (TPSA) is 50.1 Å². The smallest absolute Gasteiger partial charge is 0.325 e. The van der Waals surface area contributed by atoms with Crippen molar-refractivity contribution in [1.82, 2.24) is 0 Å². The monoisotopic (exact) mass is 141 g/mol. The van der Waals surface area contributed by atoms with Crippen molar-refractivity contribution >= 4 is 5.97 Å². The van der Waals surface area contributed by atoms with Crippen LogP contribution in [0.15, 0.2) is 0 Å². The zero-order valence-electron chi connectivity index (χ0n) is 6.47. The summed E-state index contributed by atoms with van der Waals surface area (Å²) in [5.41, 5.74) is -1.00. The van der Waals surface area contributed by atoms with Crippen LogP contribution in [0.5, 0.6) is 0 Å². The molecule has 0 unspecified atom stereocenters. The van der Waals surface area contributed by atoms with Gasteiger partial charge in [0, 0.05) is 0 Å². The molecule has 0 fully saturated rings. The number of carbonyl (C=O) groups excluding carboxylic acids is 1. The van der Waals surface area contributed by atoms with Crippen molar-refractivity contribution in [2.75, 3.05) is 6.61 Å². The van der Waals surface area contributed by atoms with Crippen LogP contribution < -0.4 is 0 Å². The van der Waals surface area contributed by atoms with Gasteiger partial charge in [0.25, 0.3) is 0 Å². The highest BCUT2D eigenvalue weighted by atomic mass is 16.5. The molecule has 0 radical (unpaired) electrons. The summed E-state index contributed by atoms with van der Waals surface area (Å²) in [5.74, 6) is -0.461. The average Bonchev–Trinajstić information content (AvgIpc) is 1.89. The Morgan fingerprint density at radius 3 is 2.50 bits per heavy atom. The van der Waals surface area contributed by atoms with Gasteiger partial charge in [0.2, 0.25) is 0 Å². The van der Waals surface area contributed by atoms with E-state index in [1.807, 2.05) is 6.07 Å². The van der Waals surface area contributed by atoms with Gasteiger partial charge in [-0.1, -0.05) is 0 Å². The van der Waals surface area contributed by atoms with Crippen molar-refractivity contribution in [2.45, 2.75) is 20.8 Å². The molecule has 56 valence electrons. The van der Waals surface area contributed by atoms with Gasteiger partial charge in [-0.2, -0.15) is 5.26 Å². The lowest BCUT2D eigenvalue weighted by Gasteiger charge is -2.11. The molecule has 0 aromatic rings. The maximum absolute atomic E-state index is 10.9. The molecule has 0 saturated carbocycles. The quantitative estimate of drug-likeness (QED) is 0.541. The van der Waals surface area contributed by atoms with Crippen LogP contribution in [0.3, 0.4) is 0 Å². The fourth-order valence-electron chi connectivity index (χ4n) is 0.357. The van der Waals surface area contributed by atoms with E-state index in [0.717, 1.165) is 0 Å². The molecule has 0 aliphatic heterocycles. The Morgan fingerprint density at radius 1 is 1.70 bits per heavy atom. The Hall–Kier alpha value is -1.04. The Balaban J connectivity index is 4.09. The fraction of sp³-hybridized carbons (Fsp3) is 0.714. The van der Waals surface area contributed by atoms with Crippen molar-refractivity contribution < 1.29 is 9.53 Å². The molecule has 0 saturated heterocycles. The van der Waals surface area contributed by atoms with Crippen molar-refractivity contribution in [3.8, 4) is 6.07 Å². The number of nitriles is 1. The second-order valence-corrected chi connectivity index (χ2v) is 2.46. The van der Waals surface area contributed by atoms with E-state index >= 15 is 0 Å². The summed E-state index contributed by atoms with van der Waals surface area (Å²) < 4.78 is 4.64. The SMILES string of the molecule is CCOC(=O)C(C)(C)C#N. The van der Waals surface area contributed by atoms with E-state index in [4.69, 9.17) is 5.26 Å². The molecule has 0 aliphatic carbocycles. The summed E-state index contributed by atoms with van der Waals surface area (Å²) in [6, 6.07) is 1.85. The Labute approximate surface area is 60.6 Å². The van der Waals surface area contributed by atoms with Gasteiger partial charge in [-0.05, 0) is 20.8 Å². The number of carbonyl (C=O) groups is 1. The molecule has 0 atom stereocenters. The molecule has 10 heavy (non-hydrogen) atoms. The molecule has 0 rings (SSSR count). The van der Waals surface area contributed by atoms with E-state index < -0.39 is 11.4 Å². The Morgan fingerprint density at radius 2 is 2.20 bits per heavy atom. The number of nitrogens with zero attached hydrogens (tertiary/aromatic N) is 1. The van der Waals surface area contributed by atoms with Gasteiger partial charge in [-0.3, -0.25) is 4.79 Å². The number of esters is 1. The molecular formula is C7H11NO2. The van der Waals surface area contributed by atoms with Crippen molar-refractivity contribution in [1.29, 1.82) is 5.26 Å². The zero-order valence-corrected chi connectivity index (χ0v) is 6.47. The zero-order chi connectivity index (χ0) is 8.20. The average molecular weight is 141 g/mol. The lowest BCUT2D eigenvalue weighted by atomic mass is 9.96. The van der Waals surface area contributed by atoms with E-state index in [-0.39, 0.29) is 0 Å². The van der Waals surface area contributed by atoms with Gasteiger partial charge < -0.3 is 4.74 Å². The summed E-state index contributed by atoms with van der Waals surface area (Å²) in [5, 5.41) is 8.44. The number of rotatable bonds is 2. The van der Waals surface area contributed by atoms with Crippen molar-refractivity contribution in [2.24, 2.45) is 5.41 Å². The second-order valence-electron chi connectivity index (χ2n) is 2.46. The van der Waals surface area contributed by atoms with Crippen molar-refractivity contribution in [3.63, 3.8) is 0 Å². The summed E-state index contributed by atoms with van der Waals surface area (Å²) in [6.45, 7) is 5.10. The normalized spacial score (nSPS) is 10.2. The van der Waals surface area contributed by atoms with Crippen LogP contribution in [0, 0.1) is 16.7 Å². The lowest BCUT2D eigenvalue weighted by Crippen LogP contribution is -2.24. The number of hydrogen-bond donors (Lipinski definition) is 0. The van der Waals surface area contributed by atoms with Gasteiger partial charge in [0.1, 0.15) is 5.41 Å². The molecule has 0 aromatic carbocycles. The van der Waals surface area contributed by atoms with Crippen LogP contribution in [0.25, 0.3) is 0 Å². The first-order valence-corrected chi connectivity index (χ1v) is 3.13. The first-order valence-electron chi connectivity index (χ1n) is 3.13. The predicted octanol–water partition coefficient (Wildman–Crippen LogP) is 1.10. The lowest BCUT2D eigenvalue weighted by molar-refractivity contribution is -0.150. The standard InChI is InChI=1S/C7H11NO2/c1-4-10-6(9)7(2,3)5-8/h4H2,1-3H3. The molecule has 0 N–H and O–H groups in total. The van der Waals surface area contributed by atoms with E-state index in [0.29, 0.717) is 6.61 Å². The molecule has 0 aromatic heterocycles. The number of hydrogen-bond acceptors (Lipinski definition) is 3. The van der Waals surface area contributed by atoms with E-state index in [9.17, 15) is 4.79 Å². The summed E-state index contributed by atoms with van der Waals surface area (Å²) in [6.07, 6.45) is 0. The van der Waals surface area contributed by atoms with Crippen LogP contribution in [0.4, 0.5) is 0 Å². The third-order valence-electron chi connectivity index (χ3n) is 1.07. The fourth-order valence-corrected chi connectivity index (χ4v) is 0.357. The first kappa shape index (κ1) is 8.96. The molecule has 3 heteroatoms. The highest BCUT2D eigenvalue weighted by Gasteiger charge is 2.28. The largest absolute Gasteiger partial charge is 0.465 e. The van der Waals surface area contributed by atoms with E-state index in [2.05, 4.69) is 4.74 Å². The van der Waals surface area contributed by atoms with Gasteiger partial charge in [-0.15, -0.1) is 0 Å². The first-order chi connectivity index (χ1) is 4.54. The number of ether oxygens (including phenoxy) is 1. The predicted molar refractivity (Wildman–Crippen MR) is 36.0 cm³/mol. The third kappa shape index (κ3) is 2.06. The minimum atomic E-state index is -1.00. The maximum Gasteiger partial charge on any atom is 0.325 e. The van der Waals surface area contributed by atoms with Gasteiger partial charge >= 0.3 is 5.97 Å². The van der Waals surface area contributed by atoms with Crippen LogP contribution in [-0.2, 0) is 9.53 Å². The van der Waals surface area contributed by atoms with Gasteiger partial charge in [0.05, 0.1) is 12.7 Å². The minimum Gasteiger partial charge on any atom is -0.465 e. The third-order valence-corrected chi connectivity index (χ3v) is 1.07. The van der Waals surface area contributed by atoms with Crippen LogP contribution in [0.2, 0.25) is 0 Å². The minimum absolute atomic E-state index is 0.323. The van der Waals surface area contributed by atoms with Gasteiger partial charge in [0.15, 0.2) is 0 Å². The Bertz CT molecular complexity index is 167. The molecule has 0 heterocycles. The second kappa shape index (κ2) is 3.21. The van der Waals surface area contributed by atoms with Crippen LogP contribution in [0.1, 0.15) is 20.8 Å². The molecular weight excluding hydrogens is 130 g/mol. The summed E-state index contributed by atoms with van der Waals surface area (Å²) in [4.78, 5) is 10.9. The van der Waals surface area contributed by atoms with E-state index in [1.54, 1.807) is 6.92 Å².